The van der Waals surface area contributed by atoms with Crippen molar-refractivity contribution in [2.45, 2.75) is 13.0 Å². The number of amides is 1. The first-order valence-corrected chi connectivity index (χ1v) is 7.83. The number of ether oxygens (including phenoxy) is 1. The van der Waals surface area contributed by atoms with Crippen molar-refractivity contribution in [3.63, 3.8) is 0 Å². The van der Waals surface area contributed by atoms with Gasteiger partial charge in [0.05, 0.1) is 6.61 Å². The third-order valence-electron chi connectivity index (χ3n) is 3.52. The van der Waals surface area contributed by atoms with E-state index in [1.54, 1.807) is 42.6 Å². The summed E-state index contributed by atoms with van der Waals surface area (Å²) in [4.78, 5) is 24.0. The van der Waals surface area contributed by atoms with E-state index in [1.807, 2.05) is 0 Å². The molecule has 3 rings (SSSR count). The molecule has 7 nitrogen and oxygen atoms in total. The average molecular weight is 344 g/mol. The number of nitrogens with one attached hydrogen (secondary N) is 1. The van der Waals surface area contributed by atoms with Crippen LogP contribution in [0.25, 0.3) is 5.65 Å². The van der Waals surface area contributed by atoms with Gasteiger partial charge >= 0.3 is 5.69 Å². The van der Waals surface area contributed by atoms with Gasteiger partial charge in [0.2, 0.25) is 5.91 Å². The number of halogens is 1. The van der Waals surface area contributed by atoms with E-state index < -0.39 is 5.82 Å². The number of para-hydroxylation sites is 1. The van der Waals surface area contributed by atoms with E-state index in [4.69, 9.17) is 4.74 Å². The molecule has 2 aromatic heterocycles. The lowest BCUT2D eigenvalue weighted by Crippen LogP contribution is -2.33. The lowest BCUT2D eigenvalue weighted by Gasteiger charge is -2.07. The number of nitrogens with zero attached hydrogens (tertiary/aromatic N) is 3. The fourth-order valence-electron chi connectivity index (χ4n) is 2.31. The van der Waals surface area contributed by atoms with Crippen LogP contribution in [-0.4, -0.2) is 33.2 Å². The Hall–Kier alpha value is -3.16. The molecule has 1 N–H and O–H groups in total. The summed E-state index contributed by atoms with van der Waals surface area (Å²) in [6.45, 7) is 0.472. The fraction of sp³-hybridized carbons (Fsp3) is 0.235. The summed E-state index contributed by atoms with van der Waals surface area (Å²) in [7, 11) is 0. The largest absolute Gasteiger partial charge is 0.490 e. The Kier molecular flexibility index (Phi) is 5.08. The quantitative estimate of drug-likeness (QED) is 0.654. The number of hydrogen-bond acceptors (Lipinski definition) is 4. The van der Waals surface area contributed by atoms with Gasteiger partial charge in [-0.2, -0.15) is 0 Å². The van der Waals surface area contributed by atoms with Crippen LogP contribution in [0.3, 0.4) is 0 Å². The Morgan fingerprint density at radius 1 is 1.20 bits per heavy atom. The highest BCUT2D eigenvalue weighted by Gasteiger charge is 2.09. The first kappa shape index (κ1) is 16.7. The monoisotopic (exact) mass is 344 g/mol. The second-order valence-electron chi connectivity index (χ2n) is 5.35. The molecule has 0 bridgehead atoms. The minimum absolute atomic E-state index is 0.158. The second kappa shape index (κ2) is 7.61. The van der Waals surface area contributed by atoms with Crippen LogP contribution < -0.4 is 15.7 Å². The van der Waals surface area contributed by atoms with Crippen LogP contribution >= 0.6 is 0 Å². The van der Waals surface area contributed by atoms with Gasteiger partial charge in [0.25, 0.3) is 0 Å². The molecule has 0 saturated carbocycles. The Labute approximate surface area is 142 Å². The topological polar surface area (TPSA) is 77.6 Å². The summed E-state index contributed by atoms with van der Waals surface area (Å²) in [6.07, 6.45) is 2.11. The maximum absolute atomic E-state index is 13.4. The van der Waals surface area contributed by atoms with E-state index in [2.05, 4.69) is 10.4 Å². The SMILES string of the molecule is O=C(Cn1nc2ccccn2c1=O)NCCCOc1ccccc1F. The van der Waals surface area contributed by atoms with Crippen LogP contribution in [0.2, 0.25) is 0 Å². The Bertz CT molecular complexity index is 935. The Morgan fingerprint density at radius 2 is 2.00 bits per heavy atom. The maximum Gasteiger partial charge on any atom is 0.350 e. The molecule has 1 amide bonds. The molecule has 3 aromatic rings. The summed E-state index contributed by atoms with van der Waals surface area (Å²) >= 11 is 0. The van der Waals surface area contributed by atoms with Gasteiger partial charge in [-0.15, -0.1) is 5.10 Å². The van der Waals surface area contributed by atoms with Gasteiger partial charge in [-0.3, -0.25) is 9.20 Å². The summed E-state index contributed by atoms with van der Waals surface area (Å²) < 4.78 is 21.1. The lowest BCUT2D eigenvalue weighted by molar-refractivity contribution is -0.121. The van der Waals surface area contributed by atoms with Crippen molar-refractivity contribution in [2.75, 3.05) is 13.2 Å². The molecule has 130 valence electrons. The summed E-state index contributed by atoms with van der Waals surface area (Å²) in [5.41, 5.74) is 0.118. The van der Waals surface area contributed by atoms with Gasteiger partial charge in [0, 0.05) is 12.7 Å². The third-order valence-corrected chi connectivity index (χ3v) is 3.52. The van der Waals surface area contributed by atoms with Crippen molar-refractivity contribution >= 4 is 11.6 Å². The van der Waals surface area contributed by atoms with Gasteiger partial charge in [-0.05, 0) is 30.7 Å². The molecule has 0 aliphatic heterocycles. The zero-order valence-electron chi connectivity index (χ0n) is 13.4. The number of aromatic nitrogens is 3. The number of carbonyl (C=O) groups is 1. The minimum Gasteiger partial charge on any atom is -0.490 e. The fourth-order valence-corrected chi connectivity index (χ4v) is 2.31. The van der Waals surface area contributed by atoms with E-state index in [0.717, 1.165) is 4.68 Å². The van der Waals surface area contributed by atoms with Crippen LogP contribution in [0.1, 0.15) is 6.42 Å². The average Bonchev–Trinajstić information content (AvgIpc) is 2.92. The third kappa shape index (κ3) is 4.03. The minimum atomic E-state index is -0.419. The van der Waals surface area contributed by atoms with Crippen LogP contribution in [-0.2, 0) is 11.3 Å². The first-order valence-electron chi connectivity index (χ1n) is 7.83. The molecular formula is C17H17FN4O3. The van der Waals surface area contributed by atoms with E-state index in [1.165, 1.54) is 10.5 Å². The highest BCUT2D eigenvalue weighted by atomic mass is 19.1. The predicted octanol–water partition coefficient (Wildman–Crippen LogP) is 1.22. The van der Waals surface area contributed by atoms with E-state index in [0.29, 0.717) is 18.6 Å². The number of benzene rings is 1. The first-order chi connectivity index (χ1) is 12.1. The zero-order valence-corrected chi connectivity index (χ0v) is 13.4. The van der Waals surface area contributed by atoms with Gasteiger partial charge < -0.3 is 10.1 Å². The molecule has 0 fully saturated rings. The van der Waals surface area contributed by atoms with Crippen LogP contribution in [0.5, 0.6) is 5.75 Å². The van der Waals surface area contributed by atoms with Crippen molar-refractivity contribution < 1.29 is 13.9 Å². The predicted molar refractivity (Wildman–Crippen MR) is 89.0 cm³/mol. The lowest BCUT2D eigenvalue weighted by atomic mass is 10.3. The number of hydrogen-bond donors (Lipinski definition) is 1. The summed E-state index contributed by atoms with van der Waals surface area (Å²) in [5, 5.41) is 6.77. The maximum atomic E-state index is 13.4. The van der Waals surface area contributed by atoms with Crippen molar-refractivity contribution in [3.05, 3.63) is 65.0 Å². The van der Waals surface area contributed by atoms with Crippen molar-refractivity contribution in [1.29, 1.82) is 0 Å². The van der Waals surface area contributed by atoms with Crippen LogP contribution in [0.4, 0.5) is 4.39 Å². The van der Waals surface area contributed by atoms with Crippen molar-refractivity contribution in [3.8, 4) is 5.75 Å². The molecular weight excluding hydrogens is 327 g/mol. The Morgan fingerprint density at radius 3 is 2.80 bits per heavy atom. The Balaban J connectivity index is 1.44. The summed E-state index contributed by atoms with van der Waals surface area (Å²) in [6, 6.07) is 11.3. The number of carbonyl (C=O) groups excluding carboxylic acids is 1. The second-order valence-corrected chi connectivity index (χ2v) is 5.35. The molecule has 1 aromatic carbocycles. The van der Waals surface area contributed by atoms with Gasteiger partial charge in [-0.25, -0.2) is 13.9 Å². The van der Waals surface area contributed by atoms with Crippen molar-refractivity contribution in [2.24, 2.45) is 0 Å². The smallest absolute Gasteiger partial charge is 0.350 e. The number of rotatable bonds is 7. The molecule has 0 unspecified atom stereocenters. The molecule has 0 aliphatic rings. The van der Waals surface area contributed by atoms with Gasteiger partial charge in [0.1, 0.15) is 6.54 Å². The molecule has 0 radical (unpaired) electrons. The highest BCUT2D eigenvalue weighted by Crippen LogP contribution is 2.15. The molecule has 25 heavy (non-hydrogen) atoms. The molecule has 0 aliphatic carbocycles. The molecule has 0 atom stereocenters. The van der Waals surface area contributed by atoms with Gasteiger partial charge in [-0.1, -0.05) is 18.2 Å². The molecule has 0 saturated heterocycles. The van der Waals surface area contributed by atoms with Gasteiger partial charge in [0.15, 0.2) is 17.2 Å². The molecule has 8 heteroatoms. The molecule has 2 heterocycles. The van der Waals surface area contributed by atoms with E-state index in [9.17, 15) is 14.0 Å². The van der Waals surface area contributed by atoms with Crippen molar-refractivity contribution in [1.82, 2.24) is 19.5 Å². The highest BCUT2D eigenvalue weighted by molar-refractivity contribution is 5.75. The van der Waals surface area contributed by atoms with Crippen LogP contribution in [0, 0.1) is 5.82 Å². The van der Waals surface area contributed by atoms with E-state index >= 15 is 0 Å². The number of fused-ring (bicyclic) bond motifs is 1. The van der Waals surface area contributed by atoms with Crippen LogP contribution in [0.15, 0.2) is 53.5 Å². The zero-order chi connectivity index (χ0) is 17.6. The normalized spacial score (nSPS) is 10.8. The summed E-state index contributed by atoms with van der Waals surface area (Å²) in [5.74, 6) is -0.556. The molecule has 0 spiro atoms. The number of pyridine rings is 1. The van der Waals surface area contributed by atoms with E-state index in [-0.39, 0.29) is 30.5 Å². The standard InChI is InChI=1S/C17H17FN4O3/c18-13-6-1-2-7-14(13)25-11-5-9-19-16(23)12-22-17(24)21-10-4-3-8-15(21)20-22/h1-4,6-8,10H,5,9,11-12H2,(H,19,23).